The van der Waals surface area contributed by atoms with Gasteiger partial charge in [0.1, 0.15) is 12.4 Å². The molecule has 20 heavy (non-hydrogen) atoms. The molecule has 2 aromatic carbocycles. The second-order valence-electron chi connectivity index (χ2n) is 4.03. The van der Waals surface area contributed by atoms with E-state index in [1.54, 1.807) is 12.1 Å². The Morgan fingerprint density at radius 3 is 2.65 bits per heavy atom. The third-order valence-corrected chi connectivity index (χ3v) is 3.26. The summed E-state index contributed by atoms with van der Waals surface area (Å²) in [5.41, 5.74) is 6.13. The molecule has 0 aliphatic carbocycles. The average molecular weight is 344 g/mol. The zero-order valence-electron chi connectivity index (χ0n) is 10.6. The van der Waals surface area contributed by atoms with Gasteiger partial charge in [0.05, 0.1) is 17.3 Å². The fraction of sp³-hybridized carbons (Fsp3) is 0.143. The Hall–Kier alpha value is -1.82. The van der Waals surface area contributed by atoms with Crippen molar-refractivity contribution in [1.29, 1.82) is 0 Å². The topological polar surface area (TPSA) is 44.5 Å². The van der Waals surface area contributed by atoms with E-state index in [0.717, 1.165) is 6.07 Å². The largest absolute Gasteiger partial charge is 0.494 e. The summed E-state index contributed by atoms with van der Waals surface area (Å²) < 4.78 is 37.7. The smallest absolute Gasteiger partial charge is 0.171 e. The Labute approximate surface area is 123 Å². The molecule has 0 radical (unpaired) electrons. The number of ether oxygens (including phenoxy) is 2. The second-order valence-corrected chi connectivity index (χ2v) is 4.88. The Bertz CT molecular complexity index is 612. The van der Waals surface area contributed by atoms with Crippen molar-refractivity contribution < 1.29 is 18.3 Å². The number of nitrogen functional groups attached to an aromatic ring is 1. The number of benzene rings is 2. The first-order valence-corrected chi connectivity index (χ1v) is 6.51. The molecule has 0 saturated carbocycles. The number of anilines is 1. The minimum atomic E-state index is -0.494. The molecule has 0 atom stereocenters. The van der Waals surface area contributed by atoms with Crippen LogP contribution in [0.4, 0.5) is 14.5 Å². The minimum absolute atomic E-state index is 0.0442. The minimum Gasteiger partial charge on any atom is -0.494 e. The summed E-state index contributed by atoms with van der Waals surface area (Å²) in [4.78, 5) is 0. The molecule has 6 heteroatoms. The van der Waals surface area contributed by atoms with E-state index in [0.29, 0.717) is 10.0 Å². The van der Waals surface area contributed by atoms with Crippen LogP contribution in [0, 0.1) is 11.6 Å². The van der Waals surface area contributed by atoms with Crippen LogP contribution in [0.15, 0.2) is 34.8 Å². The fourth-order valence-electron chi connectivity index (χ4n) is 1.71. The third kappa shape index (κ3) is 3.01. The Balaban J connectivity index is 2.21. The molecule has 106 valence electrons. The van der Waals surface area contributed by atoms with Crippen LogP contribution >= 0.6 is 15.9 Å². The first kappa shape index (κ1) is 14.6. The van der Waals surface area contributed by atoms with E-state index in [4.69, 9.17) is 15.2 Å². The van der Waals surface area contributed by atoms with Gasteiger partial charge >= 0.3 is 0 Å². The zero-order chi connectivity index (χ0) is 14.7. The monoisotopic (exact) mass is 343 g/mol. The van der Waals surface area contributed by atoms with Crippen LogP contribution in [0.1, 0.15) is 5.56 Å². The van der Waals surface area contributed by atoms with Crippen LogP contribution in [0.2, 0.25) is 0 Å². The van der Waals surface area contributed by atoms with E-state index in [1.807, 2.05) is 0 Å². The van der Waals surface area contributed by atoms with E-state index in [2.05, 4.69) is 15.9 Å². The summed E-state index contributed by atoms with van der Waals surface area (Å²) in [7, 11) is 1.39. The summed E-state index contributed by atoms with van der Waals surface area (Å²) in [5.74, 6) is -0.563. The highest BCUT2D eigenvalue weighted by Crippen LogP contribution is 2.33. The van der Waals surface area contributed by atoms with Crippen molar-refractivity contribution in [3.8, 4) is 11.5 Å². The molecule has 0 aliphatic rings. The Morgan fingerprint density at radius 1 is 1.25 bits per heavy atom. The number of methoxy groups -OCH3 is 1. The summed E-state index contributed by atoms with van der Waals surface area (Å²) in [5, 5.41) is 0. The number of hydrogen-bond donors (Lipinski definition) is 1. The maximum Gasteiger partial charge on any atom is 0.171 e. The number of rotatable bonds is 4. The standard InChI is InChI=1S/C14H12BrF2NO2/c1-19-12-4-2-3-8(13(12)17)7-20-14-10(15)5-9(16)6-11(14)18/h2-6H,7,18H2,1H3. The molecule has 2 aromatic rings. The highest BCUT2D eigenvalue weighted by atomic mass is 79.9. The zero-order valence-corrected chi connectivity index (χ0v) is 12.2. The molecular weight excluding hydrogens is 332 g/mol. The van der Waals surface area contributed by atoms with E-state index in [9.17, 15) is 8.78 Å². The van der Waals surface area contributed by atoms with Gasteiger partial charge in [-0.2, -0.15) is 0 Å². The average Bonchev–Trinajstić information content (AvgIpc) is 2.39. The molecule has 3 nitrogen and oxygen atoms in total. The normalized spacial score (nSPS) is 10.4. The molecule has 0 unspecified atom stereocenters. The molecule has 0 heterocycles. The number of nitrogens with two attached hydrogens (primary N) is 1. The summed E-state index contributed by atoms with van der Waals surface area (Å²) >= 11 is 3.15. The molecule has 0 spiro atoms. The summed E-state index contributed by atoms with van der Waals surface area (Å²) in [6.45, 7) is -0.0442. The van der Waals surface area contributed by atoms with Crippen molar-refractivity contribution in [2.45, 2.75) is 6.61 Å². The SMILES string of the molecule is COc1cccc(COc2c(N)cc(F)cc2Br)c1F. The molecular formula is C14H12BrF2NO2. The maximum absolute atomic E-state index is 13.9. The first-order valence-electron chi connectivity index (χ1n) is 5.71. The predicted molar refractivity (Wildman–Crippen MR) is 75.8 cm³/mol. The van der Waals surface area contributed by atoms with Gasteiger partial charge in [0.25, 0.3) is 0 Å². The van der Waals surface area contributed by atoms with Gasteiger partial charge in [0.15, 0.2) is 17.3 Å². The maximum atomic E-state index is 13.9. The lowest BCUT2D eigenvalue weighted by molar-refractivity contribution is 0.295. The Kier molecular flexibility index (Phi) is 4.44. The number of hydrogen-bond acceptors (Lipinski definition) is 3. The quantitative estimate of drug-likeness (QED) is 0.856. The van der Waals surface area contributed by atoms with Crippen LogP contribution < -0.4 is 15.2 Å². The molecule has 0 fully saturated rings. The van der Waals surface area contributed by atoms with E-state index >= 15 is 0 Å². The predicted octanol–water partition coefficient (Wildman–Crippen LogP) is 3.90. The molecule has 0 amide bonds. The van der Waals surface area contributed by atoms with E-state index in [1.165, 1.54) is 19.2 Å². The van der Waals surface area contributed by atoms with Crippen LogP contribution in [-0.4, -0.2) is 7.11 Å². The summed E-state index contributed by atoms with van der Waals surface area (Å²) in [6, 6.07) is 7.12. The van der Waals surface area contributed by atoms with Crippen LogP contribution in [0.3, 0.4) is 0 Å². The van der Waals surface area contributed by atoms with Crippen LogP contribution in [-0.2, 0) is 6.61 Å². The van der Waals surface area contributed by atoms with Gasteiger partial charge in [0.2, 0.25) is 0 Å². The second kappa shape index (κ2) is 6.09. The van der Waals surface area contributed by atoms with Crippen LogP contribution in [0.25, 0.3) is 0 Å². The Morgan fingerprint density at radius 2 is 2.00 bits per heavy atom. The van der Waals surface area contributed by atoms with Crippen molar-refractivity contribution in [3.63, 3.8) is 0 Å². The summed E-state index contributed by atoms with van der Waals surface area (Å²) in [6.07, 6.45) is 0. The van der Waals surface area contributed by atoms with Crippen molar-refractivity contribution in [2.24, 2.45) is 0 Å². The van der Waals surface area contributed by atoms with Gasteiger partial charge in [-0.1, -0.05) is 12.1 Å². The molecule has 2 N–H and O–H groups in total. The van der Waals surface area contributed by atoms with Gasteiger partial charge in [-0.3, -0.25) is 0 Å². The van der Waals surface area contributed by atoms with E-state index < -0.39 is 11.6 Å². The highest BCUT2D eigenvalue weighted by molar-refractivity contribution is 9.10. The molecule has 0 bridgehead atoms. The van der Waals surface area contributed by atoms with Crippen molar-refractivity contribution in [2.75, 3.05) is 12.8 Å². The van der Waals surface area contributed by atoms with Gasteiger partial charge in [-0.15, -0.1) is 0 Å². The van der Waals surface area contributed by atoms with Gasteiger partial charge < -0.3 is 15.2 Å². The fourth-order valence-corrected chi connectivity index (χ4v) is 2.27. The van der Waals surface area contributed by atoms with Gasteiger partial charge in [-0.05, 0) is 28.1 Å². The first-order chi connectivity index (χ1) is 9.52. The lowest BCUT2D eigenvalue weighted by Crippen LogP contribution is -2.03. The number of halogens is 3. The van der Waals surface area contributed by atoms with E-state index in [-0.39, 0.29) is 23.8 Å². The molecule has 0 aromatic heterocycles. The van der Waals surface area contributed by atoms with Gasteiger partial charge in [-0.25, -0.2) is 8.78 Å². The van der Waals surface area contributed by atoms with Crippen molar-refractivity contribution in [3.05, 3.63) is 52.0 Å². The third-order valence-electron chi connectivity index (χ3n) is 2.67. The van der Waals surface area contributed by atoms with Gasteiger partial charge in [0, 0.05) is 11.6 Å². The molecule has 2 rings (SSSR count). The lowest BCUT2D eigenvalue weighted by atomic mass is 10.2. The lowest BCUT2D eigenvalue weighted by Gasteiger charge is -2.12. The molecule has 0 saturated heterocycles. The van der Waals surface area contributed by atoms with Crippen molar-refractivity contribution >= 4 is 21.6 Å². The van der Waals surface area contributed by atoms with Crippen molar-refractivity contribution in [1.82, 2.24) is 0 Å². The molecule has 0 aliphatic heterocycles. The van der Waals surface area contributed by atoms with Crippen LogP contribution in [0.5, 0.6) is 11.5 Å². The highest BCUT2D eigenvalue weighted by Gasteiger charge is 2.12.